The monoisotopic (exact) mass is 680 g/mol. The minimum absolute atomic E-state index is 0.162. The predicted molar refractivity (Wildman–Crippen MR) is 177 cm³/mol. The number of amides is 3. The van der Waals surface area contributed by atoms with E-state index in [2.05, 4.69) is 68.5 Å². The van der Waals surface area contributed by atoms with Crippen LogP contribution in [0.1, 0.15) is 73.5 Å². The molecule has 5 rings (SSSR count). The van der Waals surface area contributed by atoms with Gasteiger partial charge in [-0.1, -0.05) is 50.4 Å². The maximum atomic E-state index is 13.9. The molecule has 0 saturated carbocycles. The lowest BCUT2D eigenvalue weighted by Crippen LogP contribution is -2.63. The number of benzene rings is 1. The number of nitrogens with one attached hydrogen (secondary N) is 2. The third-order valence-corrected chi connectivity index (χ3v) is 9.42. The van der Waals surface area contributed by atoms with Crippen LogP contribution in [0.25, 0.3) is 0 Å². The molecule has 10 heteroatoms. The third-order valence-electron chi connectivity index (χ3n) is 8.76. The zero-order valence-corrected chi connectivity index (χ0v) is 27.9. The molecule has 1 aliphatic carbocycles. The van der Waals surface area contributed by atoms with Crippen LogP contribution >= 0.6 is 27.5 Å². The first kappa shape index (κ1) is 32.4. The van der Waals surface area contributed by atoms with Crippen LogP contribution in [-0.2, 0) is 24.2 Å². The Balaban J connectivity index is 1.43. The number of carbonyl (C=O) groups excluding carboxylic acids is 2. The minimum Gasteiger partial charge on any atom is -0.350 e. The van der Waals surface area contributed by atoms with E-state index >= 15 is 0 Å². The van der Waals surface area contributed by atoms with Crippen LogP contribution in [0.3, 0.4) is 0 Å². The molecule has 1 saturated heterocycles. The van der Waals surface area contributed by atoms with Crippen LogP contribution in [0.5, 0.6) is 0 Å². The highest BCUT2D eigenvalue weighted by atomic mass is 79.9. The third kappa shape index (κ3) is 7.79. The lowest BCUT2D eigenvalue weighted by Gasteiger charge is -2.44. The summed E-state index contributed by atoms with van der Waals surface area (Å²) in [7, 11) is 0. The summed E-state index contributed by atoms with van der Waals surface area (Å²) < 4.78 is 0.942. The Kier molecular flexibility index (Phi) is 11.3. The number of carbonyl (C=O) groups is 2. The van der Waals surface area contributed by atoms with Crippen molar-refractivity contribution in [2.45, 2.75) is 71.0 Å². The molecule has 0 spiro atoms. The zero-order chi connectivity index (χ0) is 31.1. The van der Waals surface area contributed by atoms with Crippen molar-refractivity contribution in [3.63, 3.8) is 0 Å². The van der Waals surface area contributed by atoms with Crippen LogP contribution in [0.2, 0.25) is 5.02 Å². The molecule has 2 unspecified atom stereocenters. The van der Waals surface area contributed by atoms with Crippen molar-refractivity contribution >= 4 is 39.5 Å². The highest BCUT2D eigenvalue weighted by Gasteiger charge is 2.40. The van der Waals surface area contributed by atoms with E-state index in [-0.39, 0.29) is 18.0 Å². The molecule has 2 aromatic heterocycles. The summed E-state index contributed by atoms with van der Waals surface area (Å²) in [6.07, 6.45) is 11.3. The fraction of sp³-hybridized carbons (Fsp3) is 0.471. The summed E-state index contributed by atoms with van der Waals surface area (Å²) in [6, 6.07) is 11.0. The van der Waals surface area contributed by atoms with Gasteiger partial charge < -0.3 is 15.5 Å². The Bertz CT molecular complexity index is 1380. The van der Waals surface area contributed by atoms with Gasteiger partial charge in [-0.3, -0.25) is 19.7 Å². The highest BCUT2D eigenvalue weighted by Crippen LogP contribution is 2.38. The Labute approximate surface area is 274 Å². The zero-order valence-electron chi connectivity index (χ0n) is 25.6. The fourth-order valence-corrected chi connectivity index (χ4v) is 7.17. The minimum atomic E-state index is -0.672. The maximum Gasteiger partial charge on any atom is 0.318 e. The van der Waals surface area contributed by atoms with Crippen molar-refractivity contribution in [3.8, 4) is 0 Å². The molecule has 2 N–H and O–H groups in total. The molecule has 44 heavy (non-hydrogen) atoms. The van der Waals surface area contributed by atoms with Gasteiger partial charge in [0.05, 0.1) is 11.7 Å². The maximum absolute atomic E-state index is 13.9. The summed E-state index contributed by atoms with van der Waals surface area (Å²) in [5, 5.41) is 6.97. The summed E-state index contributed by atoms with van der Waals surface area (Å²) in [6.45, 7) is 6.73. The van der Waals surface area contributed by atoms with Gasteiger partial charge in [-0.15, -0.1) is 0 Å². The second-order valence-corrected chi connectivity index (χ2v) is 13.2. The number of aryl methyl sites for hydroxylation is 2. The number of halogens is 2. The Hall–Kier alpha value is -3.01. The van der Waals surface area contributed by atoms with Gasteiger partial charge in [0.2, 0.25) is 5.91 Å². The second kappa shape index (κ2) is 15.3. The summed E-state index contributed by atoms with van der Waals surface area (Å²) >= 11 is 10.1. The summed E-state index contributed by atoms with van der Waals surface area (Å²) in [5.41, 5.74) is 5.41. The Morgan fingerprint density at radius 1 is 1.05 bits per heavy atom. The van der Waals surface area contributed by atoms with Gasteiger partial charge in [0.25, 0.3) is 0 Å². The molecule has 3 heterocycles. The van der Waals surface area contributed by atoms with Crippen LogP contribution in [-0.4, -0.2) is 63.9 Å². The number of hydrogen-bond donors (Lipinski definition) is 2. The number of rotatable bonds is 10. The van der Waals surface area contributed by atoms with Gasteiger partial charge in [0.1, 0.15) is 6.04 Å². The first-order valence-corrected chi connectivity index (χ1v) is 16.9. The lowest BCUT2D eigenvalue weighted by molar-refractivity contribution is -0.128. The molecule has 1 aliphatic heterocycles. The van der Waals surface area contributed by atoms with E-state index in [9.17, 15) is 9.59 Å². The van der Waals surface area contributed by atoms with Crippen LogP contribution in [0, 0.1) is 5.92 Å². The van der Waals surface area contributed by atoms with Crippen LogP contribution in [0.15, 0.2) is 59.5 Å². The quantitative estimate of drug-likeness (QED) is 0.262. The summed E-state index contributed by atoms with van der Waals surface area (Å²) in [5.74, 6) is 0.255. The Morgan fingerprint density at radius 2 is 1.84 bits per heavy atom. The molecular weight excluding hydrogens is 640 g/mol. The number of hydrogen-bond acceptors (Lipinski definition) is 5. The van der Waals surface area contributed by atoms with Crippen molar-refractivity contribution in [1.29, 1.82) is 0 Å². The van der Waals surface area contributed by atoms with Crippen LogP contribution < -0.4 is 10.6 Å². The molecule has 0 bridgehead atoms. The second-order valence-electron chi connectivity index (χ2n) is 11.9. The number of pyridine rings is 2. The molecule has 0 radical (unpaired) electrons. The molecule has 3 aromatic rings. The molecule has 234 valence electrons. The van der Waals surface area contributed by atoms with E-state index in [1.54, 1.807) is 17.3 Å². The van der Waals surface area contributed by atoms with E-state index in [1.807, 2.05) is 24.4 Å². The number of fused-ring (bicyclic) bond motifs is 2. The first-order valence-electron chi connectivity index (χ1n) is 15.8. The Morgan fingerprint density at radius 3 is 2.59 bits per heavy atom. The number of nitrogens with zero attached hydrogens (tertiary/aromatic N) is 4. The largest absolute Gasteiger partial charge is 0.350 e. The standard InChI is InChI=1S/C34H42BrClN6O2/c1-3-6-23(7-4-2)19-40-34(44)42-15-14-41(22-30(42)33(43)39-20-24-8-5-13-37-18-24)32-29-12-11-28(36)17-25(29)9-10-26-16-27(35)21-38-31(26)32/h5,8,11-13,16-18,21,23,30,32H,3-4,6-7,9-10,14-15,19-20,22H2,1-2H3,(H,39,43)(H,40,44). The number of piperazine rings is 1. The van der Waals surface area contributed by atoms with Gasteiger partial charge in [-0.05, 0) is 94.1 Å². The lowest BCUT2D eigenvalue weighted by atomic mass is 9.95. The van der Waals surface area contributed by atoms with Gasteiger partial charge in [0, 0.05) is 60.8 Å². The molecule has 1 fully saturated rings. The fourth-order valence-electron chi connectivity index (χ4n) is 6.60. The van der Waals surface area contributed by atoms with Crippen molar-refractivity contribution in [2.75, 3.05) is 26.2 Å². The van der Waals surface area contributed by atoms with E-state index in [0.717, 1.165) is 59.8 Å². The highest BCUT2D eigenvalue weighted by molar-refractivity contribution is 9.10. The molecular formula is C34H42BrClN6O2. The molecule has 3 amide bonds. The van der Waals surface area contributed by atoms with Crippen molar-refractivity contribution < 1.29 is 9.59 Å². The van der Waals surface area contributed by atoms with E-state index in [4.69, 9.17) is 16.6 Å². The number of urea groups is 1. The van der Waals surface area contributed by atoms with E-state index < -0.39 is 6.04 Å². The average Bonchev–Trinajstić information content (AvgIpc) is 3.19. The van der Waals surface area contributed by atoms with Gasteiger partial charge >= 0.3 is 6.03 Å². The summed E-state index contributed by atoms with van der Waals surface area (Å²) in [4.78, 5) is 40.7. The number of aromatic nitrogens is 2. The normalized spacial score (nSPS) is 18.3. The van der Waals surface area contributed by atoms with E-state index in [1.165, 1.54) is 11.1 Å². The first-order chi connectivity index (χ1) is 21.4. The molecule has 2 atom stereocenters. The van der Waals surface area contributed by atoms with E-state index in [0.29, 0.717) is 43.7 Å². The van der Waals surface area contributed by atoms with Gasteiger partial charge in [-0.25, -0.2) is 4.79 Å². The molecule has 2 aliphatic rings. The predicted octanol–water partition coefficient (Wildman–Crippen LogP) is 6.31. The van der Waals surface area contributed by atoms with Crippen molar-refractivity contribution in [3.05, 3.63) is 92.4 Å². The van der Waals surface area contributed by atoms with Crippen LogP contribution in [0.4, 0.5) is 4.79 Å². The van der Waals surface area contributed by atoms with Crippen molar-refractivity contribution in [2.24, 2.45) is 5.92 Å². The SMILES string of the molecule is CCCC(CCC)CNC(=O)N1CCN(C2c3ccc(Cl)cc3CCc3cc(Br)cnc32)CC1C(=O)NCc1cccnc1. The molecule has 8 nitrogen and oxygen atoms in total. The smallest absolute Gasteiger partial charge is 0.318 e. The average molecular weight is 682 g/mol. The molecule has 1 aromatic carbocycles. The van der Waals surface area contributed by atoms with Gasteiger partial charge in [0.15, 0.2) is 0 Å². The van der Waals surface area contributed by atoms with Crippen molar-refractivity contribution in [1.82, 2.24) is 30.4 Å². The topological polar surface area (TPSA) is 90.5 Å². The van der Waals surface area contributed by atoms with Gasteiger partial charge in [-0.2, -0.15) is 0 Å².